The van der Waals surface area contributed by atoms with Gasteiger partial charge in [0.1, 0.15) is 11.5 Å². The van der Waals surface area contributed by atoms with Gasteiger partial charge < -0.3 is 14.8 Å². The first-order chi connectivity index (χ1) is 18.7. The zero-order valence-corrected chi connectivity index (χ0v) is 23.0. The second kappa shape index (κ2) is 11.1. The number of nitrogens with one attached hydrogen (secondary N) is 1. The van der Waals surface area contributed by atoms with Gasteiger partial charge in [-0.2, -0.15) is 0 Å². The van der Waals surface area contributed by atoms with E-state index in [0.717, 1.165) is 22.6 Å². The lowest BCUT2D eigenvalue weighted by Gasteiger charge is -2.42. The molecule has 2 atom stereocenters. The fourth-order valence-electron chi connectivity index (χ4n) is 5.48. The molecule has 5 rings (SSSR count). The van der Waals surface area contributed by atoms with E-state index in [4.69, 9.17) is 4.98 Å². The predicted molar refractivity (Wildman–Crippen MR) is 154 cm³/mol. The van der Waals surface area contributed by atoms with Crippen LogP contribution < -0.4 is 5.32 Å². The summed E-state index contributed by atoms with van der Waals surface area (Å²) in [5, 5.41) is 3.15. The van der Waals surface area contributed by atoms with Crippen LogP contribution in [0.5, 0.6) is 0 Å². The molecule has 0 spiro atoms. The molecule has 1 N–H and O–H groups in total. The molecule has 1 unspecified atom stereocenters. The molecule has 202 valence electrons. The summed E-state index contributed by atoms with van der Waals surface area (Å²) in [6, 6.07) is 29.0. The number of hydrogen-bond acceptors (Lipinski definition) is 3. The van der Waals surface area contributed by atoms with E-state index >= 15 is 4.39 Å². The number of halogens is 1. The van der Waals surface area contributed by atoms with Gasteiger partial charge in [-0.05, 0) is 36.1 Å². The summed E-state index contributed by atoms with van der Waals surface area (Å²) in [6.45, 7) is 7.73. The summed E-state index contributed by atoms with van der Waals surface area (Å²) in [6.07, 6.45) is 2.43. The summed E-state index contributed by atoms with van der Waals surface area (Å²) in [5.74, 6) is 0.569. The minimum Gasteiger partial charge on any atom is -0.328 e. The van der Waals surface area contributed by atoms with Crippen molar-refractivity contribution in [3.05, 3.63) is 114 Å². The summed E-state index contributed by atoms with van der Waals surface area (Å²) in [4.78, 5) is 21.1. The third kappa shape index (κ3) is 6.12. The van der Waals surface area contributed by atoms with Crippen LogP contribution in [0.1, 0.15) is 55.0 Å². The lowest BCUT2D eigenvalue weighted by Crippen LogP contribution is -2.49. The second-order valence-corrected chi connectivity index (χ2v) is 11.6. The molecule has 1 fully saturated rings. The minimum atomic E-state index is -1.51. The number of hydrogen-bond donors (Lipinski definition) is 1. The zero-order chi connectivity index (χ0) is 27.5. The van der Waals surface area contributed by atoms with Gasteiger partial charge in [0.25, 0.3) is 5.91 Å². The standard InChI is InChI=1S/C33H37FN4O/c1-32(2,3)29(38(24-33(34)19-20-35-23-33)31(39)27-17-11-6-12-18-27)30-36-28(26-15-9-5-10-16-26)22-37(30)21-25-13-7-4-8-14-25/h4-18,22,29,35H,19-21,23-24H2,1-3H3/t29-,33?/m0/s1. The maximum absolute atomic E-state index is 16.1. The molecule has 1 aliphatic rings. The van der Waals surface area contributed by atoms with Crippen LogP contribution in [0.25, 0.3) is 11.3 Å². The highest BCUT2D eigenvalue weighted by atomic mass is 19.1. The molecule has 0 radical (unpaired) electrons. The van der Waals surface area contributed by atoms with Gasteiger partial charge >= 0.3 is 0 Å². The lowest BCUT2D eigenvalue weighted by atomic mass is 9.83. The number of amides is 1. The fourth-order valence-corrected chi connectivity index (χ4v) is 5.48. The van der Waals surface area contributed by atoms with Crippen molar-refractivity contribution >= 4 is 5.91 Å². The molecule has 3 aromatic carbocycles. The molecule has 0 saturated carbocycles. The number of nitrogens with zero attached hydrogens (tertiary/aromatic N) is 3. The zero-order valence-electron chi connectivity index (χ0n) is 23.0. The van der Waals surface area contributed by atoms with Crippen LogP contribution in [0.3, 0.4) is 0 Å². The van der Waals surface area contributed by atoms with Crippen molar-refractivity contribution in [1.82, 2.24) is 19.8 Å². The van der Waals surface area contributed by atoms with Crippen LogP contribution in [0.2, 0.25) is 0 Å². The Hall–Kier alpha value is -3.77. The molecule has 1 saturated heterocycles. The SMILES string of the molecule is CC(C)(C)[C@H](c1nc(-c2ccccc2)cn1Cc1ccccc1)N(CC1(F)CCNC1)C(=O)c1ccccc1. The maximum atomic E-state index is 16.1. The summed E-state index contributed by atoms with van der Waals surface area (Å²) < 4.78 is 18.3. The fraction of sp³-hybridized carbons (Fsp3) is 0.333. The van der Waals surface area contributed by atoms with E-state index < -0.39 is 17.1 Å². The molecule has 1 aliphatic heterocycles. The average Bonchev–Trinajstić information content (AvgIpc) is 3.55. The van der Waals surface area contributed by atoms with Gasteiger partial charge in [0.2, 0.25) is 0 Å². The van der Waals surface area contributed by atoms with Crippen LogP contribution in [0.4, 0.5) is 4.39 Å². The monoisotopic (exact) mass is 524 g/mol. The highest BCUT2D eigenvalue weighted by molar-refractivity contribution is 5.94. The van der Waals surface area contributed by atoms with Gasteiger partial charge in [-0.1, -0.05) is 99.6 Å². The van der Waals surface area contributed by atoms with E-state index in [1.54, 1.807) is 17.0 Å². The molecular weight excluding hydrogens is 487 g/mol. The topological polar surface area (TPSA) is 50.2 Å². The first kappa shape index (κ1) is 26.8. The van der Waals surface area contributed by atoms with E-state index in [9.17, 15) is 4.79 Å². The highest BCUT2D eigenvalue weighted by Gasteiger charge is 2.44. The van der Waals surface area contributed by atoms with Gasteiger partial charge in [0.15, 0.2) is 0 Å². The van der Waals surface area contributed by atoms with E-state index in [1.165, 1.54) is 0 Å². The normalized spacial score (nSPS) is 18.2. The quantitative estimate of drug-likeness (QED) is 0.285. The first-order valence-electron chi connectivity index (χ1n) is 13.7. The predicted octanol–water partition coefficient (Wildman–Crippen LogP) is 6.53. The summed E-state index contributed by atoms with van der Waals surface area (Å²) >= 11 is 0. The Balaban J connectivity index is 1.66. The molecule has 1 aromatic heterocycles. The Morgan fingerprint density at radius 2 is 1.62 bits per heavy atom. The number of imidazole rings is 1. The Labute approximate surface area is 230 Å². The molecule has 0 bridgehead atoms. The second-order valence-electron chi connectivity index (χ2n) is 11.6. The average molecular weight is 525 g/mol. The smallest absolute Gasteiger partial charge is 0.254 e. The van der Waals surface area contributed by atoms with Gasteiger partial charge in [-0.15, -0.1) is 0 Å². The third-order valence-electron chi connectivity index (χ3n) is 7.38. The molecule has 6 heteroatoms. The van der Waals surface area contributed by atoms with E-state index in [0.29, 0.717) is 25.1 Å². The van der Waals surface area contributed by atoms with Crippen LogP contribution in [0.15, 0.2) is 97.2 Å². The lowest BCUT2D eigenvalue weighted by molar-refractivity contribution is 0.0241. The van der Waals surface area contributed by atoms with Crippen LogP contribution in [-0.4, -0.2) is 45.7 Å². The molecule has 4 aromatic rings. The van der Waals surface area contributed by atoms with E-state index in [1.807, 2.05) is 66.7 Å². The summed E-state index contributed by atoms with van der Waals surface area (Å²) in [7, 11) is 0. The van der Waals surface area contributed by atoms with Crippen molar-refractivity contribution in [3.8, 4) is 11.3 Å². The molecular formula is C33H37FN4O. The van der Waals surface area contributed by atoms with Crippen molar-refractivity contribution < 1.29 is 9.18 Å². The van der Waals surface area contributed by atoms with E-state index in [2.05, 4.69) is 49.0 Å². The van der Waals surface area contributed by atoms with E-state index in [-0.39, 0.29) is 19.0 Å². The first-order valence-corrected chi connectivity index (χ1v) is 13.7. The van der Waals surface area contributed by atoms with Crippen LogP contribution in [0, 0.1) is 5.41 Å². The highest BCUT2D eigenvalue weighted by Crippen LogP contribution is 2.41. The third-order valence-corrected chi connectivity index (χ3v) is 7.38. The number of aromatic nitrogens is 2. The maximum Gasteiger partial charge on any atom is 0.254 e. The molecule has 0 aliphatic carbocycles. The Morgan fingerprint density at radius 1 is 1.00 bits per heavy atom. The summed E-state index contributed by atoms with van der Waals surface area (Å²) in [5.41, 5.74) is 1.58. The molecule has 1 amide bonds. The van der Waals surface area contributed by atoms with Gasteiger partial charge in [-0.25, -0.2) is 9.37 Å². The number of carbonyl (C=O) groups excluding carboxylic acids is 1. The van der Waals surface area contributed by atoms with Crippen LogP contribution >= 0.6 is 0 Å². The molecule has 39 heavy (non-hydrogen) atoms. The number of benzene rings is 3. The van der Waals surface area contributed by atoms with Gasteiger partial charge in [0.05, 0.1) is 18.3 Å². The van der Waals surface area contributed by atoms with Crippen molar-refractivity contribution in [2.75, 3.05) is 19.6 Å². The Bertz CT molecular complexity index is 1370. The van der Waals surface area contributed by atoms with Gasteiger partial charge in [0, 0.05) is 30.4 Å². The van der Waals surface area contributed by atoms with Crippen molar-refractivity contribution in [2.24, 2.45) is 5.41 Å². The minimum absolute atomic E-state index is 0.00543. The van der Waals surface area contributed by atoms with Crippen molar-refractivity contribution in [1.29, 1.82) is 0 Å². The molecule has 5 nitrogen and oxygen atoms in total. The number of alkyl halides is 1. The molecule has 2 heterocycles. The van der Waals surface area contributed by atoms with Crippen molar-refractivity contribution in [2.45, 2.75) is 45.4 Å². The largest absolute Gasteiger partial charge is 0.328 e. The Kier molecular flexibility index (Phi) is 7.67. The van der Waals surface area contributed by atoms with Crippen molar-refractivity contribution in [3.63, 3.8) is 0 Å². The Morgan fingerprint density at radius 3 is 2.21 bits per heavy atom. The van der Waals surface area contributed by atoms with Gasteiger partial charge in [-0.3, -0.25) is 4.79 Å². The van der Waals surface area contributed by atoms with Crippen LogP contribution in [-0.2, 0) is 6.54 Å². The number of rotatable bonds is 8. The number of carbonyl (C=O) groups is 1.